The van der Waals surface area contributed by atoms with Gasteiger partial charge < -0.3 is 14.8 Å². The lowest BCUT2D eigenvalue weighted by atomic mass is 9.72. The predicted octanol–water partition coefficient (Wildman–Crippen LogP) is 3.93. The summed E-state index contributed by atoms with van der Waals surface area (Å²) in [5, 5.41) is 1.31. The topological polar surface area (TPSA) is 65.1 Å². The van der Waals surface area contributed by atoms with Crippen LogP contribution in [0.25, 0.3) is 22.3 Å². The number of piperidine rings is 1. The summed E-state index contributed by atoms with van der Waals surface area (Å²) in [4.78, 5) is 27.8. The number of halogens is 1. The number of hydrogen-bond acceptors (Lipinski definition) is 4. The maximum atomic E-state index is 11.7. The lowest BCUT2D eigenvalue weighted by Gasteiger charge is -2.53. The summed E-state index contributed by atoms with van der Waals surface area (Å²) < 4.78 is 0. The Bertz CT molecular complexity index is 1110. The second kappa shape index (κ2) is 8.09. The molecule has 1 aromatic carbocycles. The highest BCUT2D eigenvalue weighted by molar-refractivity contribution is 6.34. The van der Waals surface area contributed by atoms with E-state index in [0.717, 1.165) is 61.4 Å². The number of nitrogens with zero attached hydrogens (tertiary/aromatic N) is 4. The van der Waals surface area contributed by atoms with Crippen molar-refractivity contribution < 1.29 is 4.79 Å². The van der Waals surface area contributed by atoms with Crippen molar-refractivity contribution in [2.75, 3.05) is 32.7 Å². The van der Waals surface area contributed by atoms with Crippen molar-refractivity contribution in [2.24, 2.45) is 5.41 Å². The summed E-state index contributed by atoms with van der Waals surface area (Å²) in [6, 6.07) is 10.7. The Kier molecular flexibility index (Phi) is 5.28. The van der Waals surface area contributed by atoms with E-state index in [0.29, 0.717) is 10.6 Å². The molecule has 160 valence electrons. The molecule has 0 unspecified atom stereocenters. The minimum absolute atomic E-state index is 0.0694. The molecule has 2 fully saturated rings. The number of fused-ring (bicyclic) bond motifs is 1. The summed E-state index contributed by atoms with van der Waals surface area (Å²) in [5.74, 6) is 0.0694. The van der Waals surface area contributed by atoms with Crippen LogP contribution in [0.2, 0.25) is 5.15 Å². The zero-order valence-corrected chi connectivity index (χ0v) is 18.2. The van der Waals surface area contributed by atoms with E-state index >= 15 is 0 Å². The van der Waals surface area contributed by atoms with Gasteiger partial charge >= 0.3 is 0 Å². The molecule has 31 heavy (non-hydrogen) atoms. The van der Waals surface area contributed by atoms with Crippen LogP contribution < -0.4 is 0 Å². The van der Waals surface area contributed by atoms with E-state index in [1.807, 2.05) is 11.0 Å². The Morgan fingerprint density at radius 2 is 1.94 bits per heavy atom. The fraction of sp³-hybridized carbons (Fsp3) is 0.375. The minimum atomic E-state index is 0.0694. The number of H-pyrrole nitrogens is 1. The Morgan fingerprint density at radius 1 is 1.19 bits per heavy atom. The van der Waals surface area contributed by atoms with Gasteiger partial charge in [-0.2, -0.15) is 0 Å². The zero-order chi connectivity index (χ0) is 21.4. The van der Waals surface area contributed by atoms with Gasteiger partial charge in [0.1, 0.15) is 17.1 Å². The van der Waals surface area contributed by atoms with Crippen LogP contribution >= 0.6 is 11.6 Å². The first-order valence-electron chi connectivity index (χ1n) is 10.8. The number of hydrogen-bond donors (Lipinski definition) is 1. The molecular formula is C24H26ClN5O. The Labute approximate surface area is 186 Å². The average Bonchev–Trinajstić information content (AvgIpc) is 3.22. The number of rotatable bonds is 5. The van der Waals surface area contributed by atoms with Crippen LogP contribution in [0.1, 0.15) is 18.4 Å². The second-order valence-corrected chi connectivity index (χ2v) is 9.15. The van der Waals surface area contributed by atoms with Crippen LogP contribution in [0.3, 0.4) is 0 Å². The number of carbonyl (C=O) groups is 1. The third-order valence-electron chi connectivity index (χ3n) is 6.81. The van der Waals surface area contributed by atoms with E-state index in [1.165, 1.54) is 30.8 Å². The van der Waals surface area contributed by atoms with Crippen molar-refractivity contribution in [3.05, 3.63) is 60.0 Å². The minimum Gasteiger partial charge on any atom is -0.339 e. The second-order valence-electron chi connectivity index (χ2n) is 8.80. The summed E-state index contributed by atoms with van der Waals surface area (Å²) in [6.45, 7) is 8.69. The zero-order valence-electron chi connectivity index (χ0n) is 17.5. The summed E-state index contributed by atoms with van der Waals surface area (Å²) >= 11 is 6.16. The maximum Gasteiger partial charge on any atom is 0.245 e. The first-order chi connectivity index (χ1) is 15.0. The van der Waals surface area contributed by atoms with Crippen LogP contribution in [0, 0.1) is 5.41 Å². The van der Waals surface area contributed by atoms with Crippen molar-refractivity contribution in [3.8, 4) is 11.3 Å². The Hall–Kier alpha value is -2.70. The summed E-state index contributed by atoms with van der Waals surface area (Å²) in [5.41, 5.74) is 4.55. The fourth-order valence-electron chi connectivity index (χ4n) is 4.82. The molecule has 1 spiro atoms. The summed E-state index contributed by atoms with van der Waals surface area (Å²) in [7, 11) is 0. The highest BCUT2D eigenvalue weighted by atomic mass is 35.5. The lowest BCUT2D eigenvalue weighted by molar-refractivity contribution is -0.141. The Balaban J connectivity index is 1.14. The number of carbonyl (C=O) groups excluding carboxylic acids is 1. The Morgan fingerprint density at radius 3 is 2.61 bits per heavy atom. The number of benzene rings is 1. The van der Waals surface area contributed by atoms with Crippen LogP contribution in [-0.4, -0.2) is 63.4 Å². The molecule has 0 radical (unpaired) electrons. The monoisotopic (exact) mass is 435 g/mol. The predicted molar refractivity (Wildman–Crippen MR) is 123 cm³/mol. The van der Waals surface area contributed by atoms with Gasteiger partial charge in [0.05, 0.1) is 5.39 Å². The van der Waals surface area contributed by atoms with E-state index in [4.69, 9.17) is 11.6 Å². The van der Waals surface area contributed by atoms with E-state index in [-0.39, 0.29) is 5.91 Å². The van der Waals surface area contributed by atoms with E-state index in [2.05, 4.69) is 50.7 Å². The molecule has 3 aromatic rings. The highest BCUT2D eigenvalue weighted by Gasteiger charge is 2.45. The van der Waals surface area contributed by atoms with Gasteiger partial charge in [-0.15, -0.1) is 0 Å². The molecule has 0 bridgehead atoms. The van der Waals surface area contributed by atoms with Gasteiger partial charge in [0.2, 0.25) is 5.91 Å². The first-order valence-corrected chi connectivity index (χ1v) is 11.2. The van der Waals surface area contributed by atoms with E-state index < -0.39 is 0 Å². The van der Waals surface area contributed by atoms with Gasteiger partial charge in [-0.1, -0.05) is 42.4 Å². The van der Waals surface area contributed by atoms with Crippen LogP contribution in [-0.2, 0) is 11.2 Å². The molecule has 0 saturated carbocycles. The van der Waals surface area contributed by atoms with Gasteiger partial charge in [-0.25, -0.2) is 9.97 Å². The van der Waals surface area contributed by atoms with Crippen molar-refractivity contribution in [1.82, 2.24) is 24.8 Å². The molecular weight excluding hydrogens is 410 g/mol. The molecule has 6 nitrogen and oxygen atoms in total. The molecule has 2 aliphatic heterocycles. The largest absolute Gasteiger partial charge is 0.339 e. The standard InChI is InChI=1S/C24H26ClN5O/c1-2-21(31)30-14-24(15-30)8-11-29(12-9-24)10-7-17-3-5-18(6-4-17)20-13-19-22(25)26-16-27-23(19)28-20/h2-6,13,16H,1,7-12,14-15H2,(H,26,27,28). The molecule has 0 atom stereocenters. The number of aromatic nitrogens is 3. The van der Waals surface area contributed by atoms with Crippen molar-refractivity contribution in [1.29, 1.82) is 0 Å². The SMILES string of the molecule is C=CC(=O)N1CC2(CCN(CCc3ccc(-c4cc5c(Cl)ncnc5[nH]4)cc3)CC2)C1. The number of nitrogens with one attached hydrogen (secondary N) is 1. The maximum absolute atomic E-state index is 11.7. The van der Waals surface area contributed by atoms with Gasteiger partial charge in [0.15, 0.2) is 0 Å². The summed E-state index contributed by atoms with van der Waals surface area (Å²) in [6.07, 6.45) is 6.29. The molecule has 7 heteroatoms. The first kappa shape index (κ1) is 20.2. The molecule has 0 aliphatic carbocycles. The molecule has 4 heterocycles. The van der Waals surface area contributed by atoms with Crippen molar-refractivity contribution >= 4 is 28.5 Å². The van der Waals surface area contributed by atoms with Crippen molar-refractivity contribution in [3.63, 3.8) is 0 Å². The third kappa shape index (κ3) is 3.98. The van der Waals surface area contributed by atoms with E-state index in [9.17, 15) is 4.79 Å². The normalized spacial score (nSPS) is 18.3. The fourth-order valence-corrected chi connectivity index (χ4v) is 5.01. The number of aromatic amines is 1. The van der Waals surface area contributed by atoms with Crippen LogP contribution in [0.4, 0.5) is 0 Å². The third-order valence-corrected chi connectivity index (χ3v) is 7.12. The average molecular weight is 436 g/mol. The molecule has 2 aliphatic rings. The van der Waals surface area contributed by atoms with Gasteiger partial charge in [-0.3, -0.25) is 4.79 Å². The molecule has 2 aromatic heterocycles. The van der Waals surface area contributed by atoms with Crippen molar-refractivity contribution in [2.45, 2.75) is 19.3 Å². The smallest absolute Gasteiger partial charge is 0.245 e. The van der Waals surface area contributed by atoms with Gasteiger partial charge in [0, 0.05) is 30.7 Å². The number of likely N-dealkylation sites (tertiary alicyclic amines) is 2. The lowest BCUT2D eigenvalue weighted by Crippen LogP contribution is -2.61. The van der Waals surface area contributed by atoms with Crippen LogP contribution in [0.5, 0.6) is 0 Å². The quantitative estimate of drug-likeness (QED) is 0.487. The van der Waals surface area contributed by atoms with Gasteiger partial charge in [-0.05, 0) is 55.6 Å². The highest BCUT2D eigenvalue weighted by Crippen LogP contribution is 2.40. The van der Waals surface area contributed by atoms with Crippen LogP contribution in [0.15, 0.2) is 49.3 Å². The molecule has 2 saturated heterocycles. The molecule has 1 amide bonds. The molecule has 1 N–H and O–H groups in total. The van der Waals surface area contributed by atoms with Gasteiger partial charge in [0.25, 0.3) is 0 Å². The molecule has 5 rings (SSSR count). The number of amides is 1. The van der Waals surface area contributed by atoms with E-state index in [1.54, 1.807) is 0 Å².